The lowest BCUT2D eigenvalue weighted by atomic mass is 10.1. The molecule has 5 heteroatoms. The van der Waals surface area contributed by atoms with Gasteiger partial charge in [0.05, 0.1) is 6.20 Å². The van der Waals surface area contributed by atoms with Gasteiger partial charge in [0.15, 0.2) is 0 Å². The van der Waals surface area contributed by atoms with Crippen molar-refractivity contribution < 1.29 is 0 Å². The number of hydrogen-bond acceptors (Lipinski definition) is 2. The Hall–Kier alpha value is -1.03. The molecular formula is C11H11Cl2N3. The molecular weight excluding hydrogens is 245 g/mol. The van der Waals surface area contributed by atoms with Gasteiger partial charge in [-0.2, -0.15) is 5.10 Å². The minimum Gasteiger partial charge on any atom is -0.330 e. The van der Waals surface area contributed by atoms with Crippen LogP contribution in [0.4, 0.5) is 0 Å². The summed E-state index contributed by atoms with van der Waals surface area (Å²) in [6, 6.07) is 5.41. The third kappa shape index (κ3) is 2.21. The normalized spacial score (nSPS) is 10.7. The molecule has 0 aliphatic heterocycles. The molecule has 0 fully saturated rings. The van der Waals surface area contributed by atoms with Gasteiger partial charge in [0.1, 0.15) is 0 Å². The van der Waals surface area contributed by atoms with E-state index < -0.39 is 0 Å². The molecule has 84 valence electrons. The molecule has 3 N–H and O–H groups in total. The highest BCUT2D eigenvalue weighted by molar-refractivity contribution is 6.36. The maximum Gasteiger partial charge on any atom is 0.0569 e. The molecule has 16 heavy (non-hydrogen) atoms. The van der Waals surface area contributed by atoms with Gasteiger partial charge in [-0.25, -0.2) is 0 Å². The van der Waals surface area contributed by atoms with E-state index in [2.05, 4.69) is 10.2 Å². The van der Waals surface area contributed by atoms with Crippen molar-refractivity contribution in [1.82, 2.24) is 10.2 Å². The van der Waals surface area contributed by atoms with Crippen LogP contribution < -0.4 is 5.73 Å². The van der Waals surface area contributed by atoms with Crippen molar-refractivity contribution in [2.75, 3.05) is 6.54 Å². The first-order chi connectivity index (χ1) is 7.72. The number of benzene rings is 1. The number of aromatic amines is 1. The summed E-state index contributed by atoms with van der Waals surface area (Å²) >= 11 is 12.0. The van der Waals surface area contributed by atoms with Crippen LogP contribution in [0.5, 0.6) is 0 Å². The summed E-state index contributed by atoms with van der Waals surface area (Å²) in [6.45, 7) is 0.570. The van der Waals surface area contributed by atoms with Crippen LogP contribution in [0.3, 0.4) is 0 Å². The number of aromatic nitrogens is 2. The number of nitrogens with two attached hydrogens (primary N) is 1. The van der Waals surface area contributed by atoms with Crippen LogP contribution in [0.25, 0.3) is 11.1 Å². The standard InChI is InChI=1S/C11H11Cl2N3/c12-7-1-2-8(10(13)5-7)9-6-15-16-11(9)3-4-14/h1-2,5-6H,3-4,14H2,(H,15,16). The Labute approximate surface area is 104 Å². The van der Waals surface area contributed by atoms with Crippen molar-refractivity contribution in [2.24, 2.45) is 5.73 Å². The van der Waals surface area contributed by atoms with Crippen molar-refractivity contribution in [2.45, 2.75) is 6.42 Å². The maximum absolute atomic E-state index is 6.14. The lowest BCUT2D eigenvalue weighted by Crippen LogP contribution is -2.04. The summed E-state index contributed by atoms with van der Waals surface area (Å²) in [7, 11) is 0. The van der Waals surface area contributed by atoms with Crippen molar-refractivity contribution in [1.29, 1.82) is 0 Å². The second-order valence-electron chi connectivity index (χ2n) is 3.43. The fourth-order valence-corrected chi connectivity index (χ4v) is 2.10. The van der Waals surface area contributed by atoms with E-state index in [9.17, 15) is 0 Å². The summed E-state index contributed by atoms with van der Waals surface area (Å²) < 4.78 is 0. The minimum atomic E-state index is 0.570. The highest BCUT2D eigenvalue weighted by Crippen LogP contribution is 2.31. The van der Waals surface area contributed by atoms with E-state index in [-0.39, 0.29) is 0 Å². The fraction of sp³-hybridized carbons (Fsp3) is 0.182. The third-order valence-electron chi connectivity index (χ3n) is 2.33. The molecule has 0 aliphatic rings. The van der Waals surface area contributed by atoms with E-state index in [1.807, 2.05) is 12.1 Å². The summed E-state index contributed by atoms with van der Waals surface area (Å²) in [5.41, 5.74) is 8.42. The lowest BCUT2D eigenvalue weighted by molar-refractivity contribution is 0.902. The average Bonchev–Trinajstić information content (AvgIpc) is 2.67. The van der Waals surface area contributed by atoms with Gasteiger partial charge in [-0.05, 0) is 18.7 Å². The van der Waals surface area contributed by atoms with E-state index in [1.165, 1.54) is 0 Å². The molecule has 0 bridgehead atoms. The van der Waals surface area contributed by atoms with Crippen molar-refractivity contribution >= 4 is 23.2 Å². The van der Waals surface area contributed by atoms with Crippen LogP contribution in [0.15, 0.2) is 24.4 Å². The summed E-state index contributed by atoms with van der Waals surface area (Å²) in [5, 5.41) is 8.17. The molecule has 1 aromatic carbocycles. The SMILES string of the molecule is NCCc1[nH]ncc1-c1ccc(Cl)cc1Cl. The highest BCUT2D eigenvalue weighted by atomic mass is 35.5. The summed E-state index contributed by atoms with van der Waals surface area (Å²) in [6.07, 6.45) is 2.49. The summed E-state index contributed by atoms with van der Waals surface area (Å²) in [4.78, 5) is 0. The molecule has 0 unspecified atom stereocenters. The van der Waals surface area contributed by atoms with Crippen molar-refractivity contribution in [3.05, 3.63) is 40.1 Å². The molecule has 1 heterocycles. The molecule has 0 aliphatic carbocycles. The number of rotatable bonds is 3. The van der Waals surface area contributed by atoms with Gasteiger partial charge in [0, 0.05) is 33.3 Å². The molecule has 0 saturated heterocycles. The Kier molecular flexibility index (Phi) is 3.49. The lowest BCUT2D eigenvalue weighted by Gasteiger charge is -2.04. The maximum atomic E-state index is 6.14. The Morgan fingerprint density at radius 2 is 2.06 bits per heavy atom. The quantitative estimate of drug-likeness (QED) is 0.887. The zero-order valence-electron chi connectivity index (χ0n) is 8.50. The van der Waals surface area contributed by atoms with Gasteiger partial charge >= 0.3 is 0 Å². The average molecular weight is 256 g/mol. The molecule has 0 radical (unpaired) electrons. The van der Waals surface area contributed by atoms with Crippen LogP contribution in [0, 0.1) is 0 Å². The van der Waals surface area contributed by atoms with Crippen molar-refractivity contribution in [3.63, 3.8) is 0 Å². The number of nitrogens with zero attached hydrogens (tertiary/aromatic N) is 1. The monoisotopic (exact) mass is 255 g/mol. The molecule has 0 atom stereocenters. The predicted molar refractivity (Wildman–Crippen MR) is 66.8 cm³/mol. The highest BCUT2D eigenvalue weighted by Gasteiger charge is 2.10. The Balaban J connectivity index is 2.46. The molecule has 0 amide bonds. The Bertz CT molecular complexity index is 494. The van der Waals surface area contributed by atoms with Crippen LogP contribution in [-0.2, 0) is 6.42 Å². The number of halogens is 2. The van der Waals surface area contributed by atoms with Gasteiger partial charge < -0.3 is 5.73 Å². The molecule has 2 rings (SSSR count). The fourth-order valence-electron chi connectivity index (χ4n) is 1.59. The van der Waals surface area contributed by atoms with E-state index >= 15 is 0 Å². The molecule has 2 aromatic rings. The molecule has 3 nitrogen and oxygen atoms in total. The zero-order chi connectivity index (χ0) is 11.5. The van der Waals surface area contributed by atoms with Crippen molar-refractivity contribution in [3.8, 4) is 11.1 Å². The van der Waals surface area contributed by atoms with E-state index in [0.717, 1.165) is 23.2 Å². The summed E-state index contributed by atoms with van der Waals surface area (Å²) in [5.74, 6) is 0. The first-order valence-corrected chi connectivity index (χ1v) is 5.65. The van der Waals surface area contributed by atoms with Gasteiger partial charge in [0.25, 0.3) is 0 Å². The predicted octanol–water partition coefficient (Wildman–Crippen LogP) is 2.88. The molecule has 0 saturated carbocycles. The van der Waals surface area contributed by atoms with E-state index in [4.69, 9.17) is 28.9 Å². The Morgan fingerprint density at radius 1 is 1.25 bits per heavy atom. The first kappa shape index (κ1) is 11.5. The van der Waals surface area contributed by atoms with Gasteiger partial charge in [-0.15, -0.1) is 0 Å². The van der Waals surface area contributed by atoms with Gasteiger partial charge in [-0.3, -0.25) is 5.10 Å². The van der Waals surface area contributed by atoms with Crippen LogP contribution in [-0.4, -0.2) is 16.7 Å². The minimum absolute atomic E-state index is 0.570. The smallest absolute Gasteiger partial charge is 0.0569 e. The molecule has 0 spiro atoms. The van der Waals surface area contributed by atoms with Crippen LogP contribution >= 0.6 is 23.2 Å². The Morgan fingerprint density at radius 3 is 2.75 bits per heavy atom. The van der Waals surface area contributed by atoms with E-state index in [1.54, 1.807) is 12.3 Å². The van der Waals surface area contributed by atoms with Gasteiger partial charge in [0.2, 0.25) is 0 Å². The third-order valence-corrected chi connectivity index (χ3v) is 2.88. The second kappa shape index (κ2) is 4.87. The van der Waals surface area contributed by atoms with Gasteiger partial charge in [-0.1, -0.05) is 29.3 Å². The molecule has 1 aromatic heterocycles. The van der Waals surface area contributed by atoms with Crippen LogP contribution in [0.1, 0.15) is 5.69 Å². The topological polar surface area (TPSA) is 54.7 Å². The zero-order valence-corrected chi connectivity index (χ0v) is 10.0. The van der Waals surface area contributed by atoms with Crippen LogP contribution in [0.2, 0.25) is 10.0 Å². The number of hydrogen-bond donors (Lipinski definition) is 2. The second-order valence-corrected chi connectivity index (χ2v) is 4.27. The van der Waals surface area contributed by atoms with E-state index in [0.29, 0.717) is 16.6 Å². The largest absolute Gasteiger partial charge is 0.330 e. The first-order valence-electron chi connectivity index (χ1n) is 4.90. The number of nitrogens with one attached hydrogen (secondary N) is 1. The number of H-pyrrole nitrogens is 1.